The summed E-state index contributed by atoms with van der Waals surface area (Å²) < 4.78 is 1.39. The zero-order chi connectivity index (χ0) is 14.8. The Kier molecular flexibility index (Phi) is 3.56. The van der Waals surface area contributed by atoms with Crippen LogP contribution in [0.4, 0.5) is 0 Å². The highest BCUT2D eigenvalue weighted by Crippen LogP contribution is 2.20. The van der Waals surface area contributed by atoms with E-state index in [4.69, 9.17) is 0 Å². The van der Waals surface area contributed by atoms with E-state index < -0.39 is 0 Å². The molecule has 0 spiro atoms. The lowest BCUT2D eigenvalue weighted by Crippen LogP contribution is -2.25. The number of aryl methyl sites for hydroxylation is 3. The first kappa shape index (κ1) is 13.5. The van der Waals surface area contributed by atoms with E-state index in [0.29, 0.717) is 12.1 Å². The van der Waals surface area contributed by atoms with Crippen LogP contribution in [0.25, 0.3) is 0 Å². The van der Waals surface area contributed by atoms with Crippen molar-refractivity contribution >= 4 is 5.91 Å². The van der Waals surface area contributed by atoms with Crippen LogP contribution in [0.2, 0.25) is 0 Å². The Morgan fingerprint density at radius 2 is 2.24 bits per heavy atom. The van der Waals surface area contributed by atoms with Gasteiger partial charge in [0.1, 0.15) is 0 Å². The Morgan fingerprint density at radius 1 is 1.38 bits per heavy atom. The van der Waals surface area contributed by atoms with Gasteiger partial charge in [0.15, 0.2) is 0 Å². The molecule has 1 N–H and O–H groups in total. The van der Waals surface area contributed by atoms with Gasteiger partial charge in [0, 0.05) is 37.7 Å². The quantitative estimate of drug-likeness (QED) is 0.920. The molecule has 0 aromatic carbocycles. The number of nitrogens with one attached hydrogen (secondary N) is 1. The molecule has 2 aromatic heterocycles. The van der Waals surface area contributed by atoms with Gasteiger partial charge in [-0.25, -0.2) is 0 Å². The lowest BCUT2D eigenvalue weighted by molar-refractivity contribution is 0.0950. The second kappa shape index (κ2) is 5.52. The monoisotopic (exact) mass is 283 g/mol. The van der Waals surface area contributed by atoms with Gasteiger partial charge < -0.3 is 9.88 Å². The first-order valence-electron chi connectivity index (χ1n) is 7.05. The predicted octanol–water partition coefficient (Wildman–Crippen LogP) is 1.20. The molecule has 5 nitrogen and oxygen atoms in total. The van der Waals surface area contributed by atoms with Gasteiger partial charge in [-0.15, -0.1) is 0 Å². The Labute approximate surface area is 122 Å². The number of carbonyl (C=O) groups excluding carboxylic acids is 1. The molecular weight excluding hydrogens is 266 g/mol. The summed E-state index contributed by atoms with van der Waals surface area (Å²) >= 11 is 0. The fraction of sp³-hybridized carbons (Fsp3) is 0.312. The van der Waals surface area contributed by atoms with Gasteiger partial charge >= 0.3 is 0 Å². The van der Waals surface area contributed by atoms with Gasteiger partial charge in [0.2, 0.25) is 5.56 Å². The highest BCUT2D eigenvalue weighted by molar-refractivity contribution is 5.93. The number of carbonyl (C=O) groups is 1. The molecule has 0 fully saturated rings. The number of hydrogen-bond acceptors (Lipinski definition) is 3. The van der Waals surface area contributed by atoms with Crippen LogP contribution < -0.4 is 10.9 Å². The third-order valence-electron chi connectivity index (χ3n) is 3.78. The number of nitrogens with zero attached hydrogens (tertiary/aromatic N) is 2. The molecule has 1 amide bonds. The minimum absolute atomic E-state index is 0.130. The number of aromatic nitrogens is 2. The fourth-order valence-corrected chi connectivity index (χ4v) is 2.59. The largest absolute Gasteiger partial charge is 0.348 e. The second-order valence-electron chi connectivity index (χ2n) is 5.35. The van der Waals surface area contributed by atoms with Crippen LogP contribution in [0, 0.1) is 0 Å². The first-order chi connectivity index (χ1) is 10.1. The van der Waals surface area contributed by atoms with Crippen LogP contribution in [0.1, 0.15) is 33.6 Å². The molecule has 1 aliphatic carbocycles. The average molecular weight is 283 g/mol. The normalized spacial score (nSPS) is 13.0. The van der Waals surface area contributed by atoms with Gasteiger partial charge in [-0.3, -0.25) is 14.6 Å². The van der Waals surface area contributed by atoms with E-state index in [9.17, 15) is 9.59 Å². The molecule has 0 saturated heterocycles. The van der Waals surface area contributed by atoms with Crippen LogP contribution in [-0.2, 0) is 26.4 Å². The zero-order valence-corrected chi connectivity index (χ0v) is 11.9. The van der Waals surface area contributed by atoms with Crippen LogP contribution in [0.15, 0.2) is 35.4 Å². The Balaban J connectivity index is 1.68. The molecule has 3 rings (SSSR count). The fourth-order valence-electron chi connectivity index (χ4n) is 2.59. The van der Waals surface area contributed by atoms with Crippen molar-refractivity contribution in [2.24, 2.45) is 7.05 Å². The molecule has 0 radical (unpaired) electrons. The number of amides is 1. The molecule has 2 heterocycles. The second-order valence-corrected chi connectivity index (χ2v) is 5.35. The van der Waals surface area contributed by atoms with Crippen molar-refractivity contribution in [1.29, 1.82) is 0 Å². The zero-order valence-electron chi connectivity index (χ0n) is 11.9. The summed E-state index contributed by atoms with van der Waals surface area (Å²) in [5.41, 5.74) is 3.83. The first-order valence-corrected chi connectivity index (χ1v) is 7.05. The van der Waals surface area contributed by atoms with E-state index in [1.54, 1.807) is 19.3 Å². The van der Waals surface area contributed by atoms with Crippen LogP contribution in [-0.4, -0.2) is 15.5 Å². The topological polar surface area (TPSA) is 64.0 Å². The van der Waals surface area contributed by atoms with Gasteiger partial charge in [-0.1, -0.05) is 6.07 Å². The molecule has 2 aromatic rings. The molecule has 0 saturated carbocycles. The molecule has 108 valence electrons. The highest BCUT2D eigenvalue weighted by Gasteiger charge is 2.13. The van der Waals surface area contributed by atoms with E-state index in [1.165, 1.54) is 21.9 Å². The molecule has 0 unspecified atom stereocenters. The van der Waals surface area contributed by atoms with E-state index in [-0.39, 0.29) is 11.5 Å². The van der Waals surface area contributed by atoms with Crippen molar-refractivity contribution in [3.05, 3.63) is 63.3 Å². The number of hydrogen-bond donors (Lipinski definition) is 1. The summed E-state index contributed by atoms with van der Waals surface area (Å²) in [6, 6.07) is 5.06. The van der Waals surface area contributed by atoms with Crippen LogP contribution in [0.3, 0.4) is 0 Å². The van der Waals surface area contributed by atoms with Crippen LogP contribution >= 0.6 is 0 Å². The Hall–Kier alpha value is -2.43. The molecule has 0 atom stereocenters. The van der Waals surface area contributed by atoms with Crippen molar-refractivity contribution in [3.8, 4) is 0 Å². The Morgan fingerprint density at radius 3 is 3.05 bits per heavy atom. The SMILES string of the molecule is Cn1cc(C(=O)NCc2cnc3c(c2)CCC3)ccc1=O. The van der Waals surface area contributed by atoms with E-state index in [1.807, 2.05) is 6.20 Å². The highest BCUT2D eigenvalue weighted by atomic mass is 16.2. The smallest absolute Gasteiger partial charge is 0.253 e. The maximum Gasteiger partial charge on any atom is 0.253 e. The minimum atomic E-state index is -0.189. The summed E-state index contributed by atoms with van der Waals surface area (Å²) in [5.74, 6) is -0.189. The van der Waals surface area contributed by atoms with Crippen molar-refractivity contribution in [2.75, 3.05) is 0 Å². The van der Waals surface area contributed by atoms with E-state index in [2.05, 4.69) is 16.4 Å². The predicted molar refractivity (Wildman–Crippen MR) is 79.1 cm³/mol. The Bertz CT molecular complexity index is 749. The van der Waals surface area contributed by atoms with Gasteiger partial charge in [-0.2, -0.15) is 0 Å². The molecule has 5 heteroatoms. The van der Waals surface area contributed by atoms with Gasteiger partial charge in [0.25, 0.3) is 5.91 Å². The molecule has 0 bridgehead atoms. The molecular formula is C16H17N3O2. The maximum absolute atomic E-state index is 12.1. The minimum Gasteiger partial charge on any atom is -0.348 e. The average Bonchev–Trinajstić information content (AvgIpc) is 2.95. The van der Waals surface area contributed by atoms with Gasteiger partial charge in [0.05, 0.1) is 5.56 Å². The van der Waals surface area contributed by atoms with Crippen molar-refractivity contribution in [2.45, 2.75) is 25.8 Å². The summed E-state index contributed by atoms with van der Waals surface area (Å²) in [6.45, 7) is 0.446. The summed E-state index contributed by atoms with van der Waals surface area (Å²) in [6.07, 6.45) is 6.66. The molecule has 21 heavy (non-hydrogen) atoms. The molecule has 1 aliphatic rings. The summed E-state index contributed by atoms with van der Waals surface area (Å²) in [7, 11) is 1.63. The van der Waals surface area contributed by atoms with E-state index in [0.717, 1.165) is 24.8 Å². The van der Waals surface area contributed by atoms with E-state index >= 15 is 0 Å². The lowest BCUT2D eigenvalue weighted by Gasteiger charge is -2.07. The maximum atomic E-state index is 12.1. The summed E-state index contributed by atoms with van der Waals surface area (Å²) in [5, 5.41) is 2.86. The number of pyridine rings is 2. The molecule has 0 aliphatic heterocycles. The third kappa shape index (κ3) is 2.86. The van der Waals surface area contributed by atoms with Crippen LogP contribution in [0.5, 0.6) is 0 Å². The third-order valence-corrected chi connectivity index (χ3v) is 3.78. The van der Waals surface area contributed by atoms with Gasteiger partial charge in [-0.05, 0) is 36.5 Å². The lowest BCUT2D eigenvalue weighted by atomic mass is 10.1. The summed E-state index contributed by atoms with van der Waals surface area (Å²) in [4.78, 5) is 27.8. The van der Waals surface area contributed by atoms with Crippen molar-refractivity contribution in [1.82, 2.24) is 14.9 Å². The standard InChI is InChI=1S/C16H17N3O2/c1-19-10-13(5-6-15(19)20)16(21)18-9-11-7-12-3-2-4-14(12)17-8-11/h5-8,10H,2-4,9H2,1H3,(H,18,21). The number of fused-ring (bicyclic) bond motifs is 1. The van der Waals surface area contributed by atoms with Crippen molar-refractivity contribution in [3.63, 3.8) is 0 Å². The van der Waals surface area contributed by atoms with Crippen molar-refractivity contribution < 1.29 is 4.79 Å². The number of rotatable bonds is 3.